The van der Waals surface area contributed by atoms with Crippen molar-refractivity contribution in [2.45, 2.75) is 69.5 Å². The zero-order valence-electron chi connectivity index (χ0n) is 29.7. The molecule has 1 heterocycles. The van der Waals surface area contributed by atoms with Crippen LogP contribution in [0.25, 0.3) is 0 Å². The van der Waals surface area contributed by atoms with Crippen LogP contribution in [0.4, 0.5) is 0 Å². The third kappa shape index (κ3) is 11.5. The van der Waals surface area contributed by atoms with Crippen molar-refractivity contribution in [3.05, 3.63) is 102 Å². The molecule has 4 amide bonds. The van der Waals surface area contributed by atoms with Crippen molar-refractivity contribution in [2.24, 2.45) is 5.92 Å². The van der Waals surface area contributed by atoms with Crippen LogP contribution in [0.2, 0.25) is 0 Å². The largest absolute Gasteiger partial charge is 0.481 e. The Morgan fingerprint density at radius 3 is 1.81 bits per heavy atom. The number of sulfonamides is 1. The smallest absolute Gasteiger partial charge is 0.305 e. The van der Waals surface area contributed by atoms with Crippen molar-refractivity contribution in [1.82, 2.24) is 25.2 Å². The number of carbonyl (C=O) groups is 5. The lowest BCUT2D eigenvalue weighted by atomic mass is 10.0. The predicted molar refractivity (Wildman–Crippen MR) is 194 cm³/mol. The van der Waals surface area contributed by atoms with Crippen molar-refractivity contribution >= 4 is 39.6 Å². The van der Waals surface area contributed by atoms with Crippen LogP contribution >= 0.6 is 0 Å². The monoisotopic (exact) mass is 733 g/mol. The van der Waals surface area contributed by atoms with E-state index in [1.54, 1.807) is 78.9 Å². The number of carbonyl (C=O) groups excluding carboxylic acids is 4. The highest BCUT2D eigenvalue weighted by Gasteiger charge is 2.35. The number of rotatable bonds is 16. The zero-order chi connectivity index (χ0) is 37.8. The third-order valence-corrected chi connectivity index (χ3v) is 10.6. The van der Waals surface area contributed by atoms with Crippen LogP contribution in [-0.4, -0.2) is 96.6 Å². The highest BCUT2D eigenvalue weighted by molar-refractivity contribution is 7.89. The van der Waals surface area contributed by atoms with Gasteiger partial charge in [-0.25, -0.2) is 8.42 Å². The second-order valence-corrected chi connectivity index (χ2v) is 15.3. The molecule has 3 aromatic rings. The van der Waals surface area contributed by atoms with E-state index in [9.17, 15) is 37.5 Å². The minimum atomic E-state index is -3.79. The molecule has 13 nitrogen and oxygen atoms in total. The van der Waals surface area contributed by atoms with E-state index in [4.69, 9.17) is 0 Å². The summed E-state index contributed by atoms with van der Waals surface area (Å²) < 4.78 is 27.8. The van der Waals surface area contributed by atoms with Gasteiger partial charge in [0.1, 0.15) is 18.1 Å². The molecule has 4 N–H and O–H groups in total. The summed E-state index contributed by atoms with van der Waals surface area (Å²) >= 11 is 0. The predicted octanol–water partition coefficient (Wildman–Crippen LogP) is 2.29. The number of hydrogen-bond acceptors (Lipinski definition) is 7. The SMILES string of the molecule is Cc1ccc(S(=O)(=O)N2CCN(C(=O)[C@H](Cc3ccccc3)NC(=O)[C@H](CC(=O)O)NC(=O)[C@H](CC(C)C)NC(=O)Cc3ccccc3)CC2)cc1. The molecule has 0 unspecified atom stereocenters. The molecular formula is C38H47N5O8S. The summed E-state index contributed by atoms with van der Waals surface area (Å²) in [7, 11) is -3.79. The molecule has 1 fully saturated rings. The van der Waals surface area contributed by atoms with Crippen LogP contribution in [0, 0.1) is 12.8 Å². The van der Waals surface area contributed by atoms with Gasteiger partial charge in [0.2, 0.25) is 33.7 Å². The molecule has 4 rings (SSSR count). The molecule has 14 heteroatoms. The van der Waals surface area contributed by atoms with E-state index in [2.05, 4.69) is 16.0 Å². The molecule has 0 bridgehead atoms. The summed E-state index contributed by atoms with van der Waals surface area (Å²) in [6.45, 7) is 5.81. The number of carboxylic acid groups (broad SMARTS) is 1. The van der Waals surface area contributed by atoms with Crippen LogP contribution in [0.15, 0.2) is 89.8 Å². The molecule has 0 radical (unpaired) electrons. The Kier molecular flexibility index (Phi) is 14.1. The summed E-state index contributed by atoms with van der Waals surface area (Å²) in [6.07, 6.45) is -0.454. The lowest BCUT2D eigenvalue weighted by Crippen LogP contribution is -2.59. The van der Waals surface area contributed by atoms with Gasteiger partial charge in [0.15, 0.2) is 0 Å². The third-order valence-electron chi connectivity index (χ3n) is 8.68. The molecule has 1 aliphatic rings. The van der Waals surface area contributed by atoms with Gasteiger partial charge in [-0.3, -0.25) is 24.0 Å². The molecule has 278 valence electrons. The number of benzene rings is 3. The van der Waals surface area contributed by atoms with Gasteiger partial charge >= 0.3 is 5.97 Å². The molecule has 0 aromatic heterocycles. The van der Waals surface area contributed by atoms with Gasteiger partial charge in [0.05, 0.1) is 17.7 Å². The first-order valence-corrected chi connectivity index (χ1v) is 18.7. The van der Waals surface area contributed by atoms with Crippen molar-refractivity contribution < 1.29 is 37.5 Å². The van der Waals surface area contributed by atoms with Gasteiger partial charge in [0.25, 0.3) is 0 Å². The van der Waals surface area contributed by atoms with Gasteiger partial charge < -0.3 is 26.0 Å². The van der Waals surface area contributed by atoms with Gasteiger partial charge in [-0.2, -0.15) is 4.31 Å². The summed E-state index contributed by atoms with van der Waals surface area (Å²) in [5.41, 5.74) is 2.39. The summed E-state index contributed by atoms with van der Waals surface area (Å²) in [6, 6.07) is 20.7. The first-order valence-electron chi connectivity index (χ1n) is 17.3. The number of amides is 4. The maximum absolute atomic E-state index is 14.0. The fourth-order valence-electron chi connectivity index (χ4n) is 5.94. The quantitative estimate of drug-likeness (QED) is 0.173. The Hall–Kier alpha value is -5.08. The number of hydrogen-bond donors (Lipinski definition) is 4. The normalized spacial score (nSPS) is 15.3. The maximum Gasteiger partial charge on any atom is 0.305 e. The van der Waals surface area contributed by atoms with Gasteiger partial charge in [0, 0.05) is 32.6 Å². The van der Waals surface area contributed by atoms with E-state index < -0.39 is 64.2 Å². The number of nitrogens with one attached hydrogen (secondary N) is 3. The van der Waals surface area contributed by atoms with Gasteiger partial charge in [-0.1, -0.05) is 92.2 Å². The van der Waals surface area contributed by atoms with E-state index in [1.807, 2.05) is 26.8 Å². The van der Waals surface area contributed by atoms with Crippen LogP contribution < -0.4 is 16.0 Å². The minimum Gasteiger partial charge on any atom is -0.481 e. The topological polar surface area (TPSA) is 182 Å². The lowest BCUT2D eigenvalue weighted by Gasteiger charge is -2.36. The average Bonchev–Trinajstić information content (AvgIpc) is 3.11. The fraction of sp³-hybridized carbons (Fsp3) is 0.395. The number of aliphatic carboxylic acids is 1. The number of piperazine rings is 1. The molecular weight excluding hydrogens is 687 g/mol. The highest BCUT2D eigenvalue weighted by Crippen LogP contribution is 2.19. The van der Waals surface area contributed by atoms with Crippen LogP contribution in [0.1, 0.15) is 43.4 Å². The molecule has 1 aliphatic heterocycles. The Morgan fingerprint density at radius 1 is 0.712 bits per heavy atom. The molecule has 3 atom stereocenters. The van der Waals surface area contributed by atoms with Crippen LogP contribution in [0.5, 0.6) is 0 Å². The van der Waals surface area contributed by atoms with Crippen LogP contribution in [0.3, 0.4) is 0 Å². The standard InChI is InChI=1S/C38H47N5O8S/c1-26(2)22-31(39-34(44)24-29-12-8-5-9-13-29)36(47)40-32(25-35(45)46)37(48)41-33(23-28-10-6-4-7-11-28)38(49)42-18-20-43(21-19-42)52(50,51)30-16-14-27(3)15-17-30/h4-17,26,31-33H,18-25H2,1-3H3,(H,39,44)(H,40,47)(H,41,48)(H,45,46)/t31-,32-,33-/m0/s1. The van der Waals surface area contributed by atoms with E-state index in [0.29, 0.717) is 0 Å². The van der Waals surface area contributed by atoms with Crippen molar-refractivity contribution in [2.75, 3.05) is 26.2 Å². The Bertz CT molecular complexity index is 1800. The molecule has 3 aromatic carbocycles. The molecule has 0 aliphatic carbocycles. The highest BCUT2D eigenvalue weighted by atomic mass is 32.2. The summed E-state index contributed by atoms with van der Waals surface area (Å²) in [5, 5.41) is 17.6. The number of carboxylic acids is 1. The molecule has 0 spiro atoms. The van der Waals surface area contributed by atoms with Crippen molar-refractivity contribution in [3.63, 3.8) is 0 Å². The van der Waals surface area contributed by atoms with E-state index in [1.165, 1.54) is 9.21 Å². The minimum absolute atomic E-state index is 0.0250. The van der Waals surface area contributed by atoms with Crippen molar-refractivity contribution in [3.8, 4) is 0 Å². The first kappa shape index (κ1) is 39.7. The lowest BCUT2D eigenvalue weighted by molar-refractivity contribution is -0.142. The summed E-state index contributed by atoms with van der Waals surface area (Å²) in [4.78, 5) is 67.6. The van der Waals surface area contributed by atoms with Crippen LogP contribution in [-0.2, 0) is 46.8 Å². The second kappa shape index (κ2) is 18.4. The molecule has 0 saturated carbocycles. The van der Waals surface area contributed by atoms with Gasteiger partial charge in [-0.05, 0) is 42.5 Å². The Morgan fingerprint density at radius 2 is 1.25 bits per heavy atom. The van der Waals surface area contributed by atoms with E-state index in [-0.39, 0.29) is 56.3 Å². The summed E-state index contributed by atoms with van der Waals surface area (Å²) in [5.74, 6) is -3.88. The molecule has 52 heavy (non-hydrogen) atoms. The Balaban J connectivity index is 1.48. The maximum atomic E-state index is 14.0. The van der Waals surface area contributed by atoms with Gasteiger partial charge in [-0.15, -0.1) is 0 Å². The number of aryl methyl sites for hydroxylation is 1. The Labute approximate surface area is 304 Å². The second-order valence-electron chi connectivity index (χ2n) is 13.4. The zero-order valence-corrected chi connectivity index (χ0v) is 30.5. The van der Waals surface area contributed by atoms with E-state index in [0.717, 1.165) is 16.7 Å². The van der Waals surface area contributed by atoms with Crippen molar-refractivity contribution in [1.29, 1.82) is 0 Å². The average molecular weight is 734 g/mol. The van der Waals surface area contributed by atoms with E-state index >= 15 is 0 Å². The fourth-order valence-corrected chi connectivity index (χ4v) is 7.36. The molecule has 1 saturated heterocycles. The number of nitrogens with zero attached hydrogens (tertiary/aromatic N) is 2. The first-order chi connectivity index (χ1) is 24.7.